The number of halogens is 2. The molecule has 0 unspecified atom stereocenters. The molecule has 5 heteroatoms. The number of anilines is 2. The lowest BCUT2D eigenvalue weighted by Crippen LogP contribution is -2.14. The molecule has 2 rings (SSSR count). The largest absolute Gasteiger partial charge is 0.399 e. The second-order valence-corrected chi connectivity index (χ2v) is 4.15. The van der Waals surface area contributed by atoms with Crippen molar-refractivity contribution >= 4 is 17.3 Å². The van der Waals surface area contributed by atoms with Crippen molar-refractivity contribution in [2.75, 3.05) is 11.1 Å². The van der Waals surface area contributed by atoms with Crippen molar-refractivity contribution in [1.29, 1.82) is 0 Å². The number of amides is 1. The van der Waals surface area contributed by atoms with Gasteiger partial charge in [-0.1, -0.05) is 6.07 Å². The summed E-state index contributed by atoms with van der Waals surface area (Å²) in [4.78, 5) is 11.9. The number of hydrogen-bond acceptors (Lipinski definition) is 2. The molecule has 0 radical (unpaired) electrons. The molecule has 0 fully saturated rings. The van der Waals surface area contributed by atoms with E-state index in [1.54, 1.807) is 6.92 Å². The minimum absolute atomic E-state index is 0.00265. The molecular weight excluding hydrogens is 250 g/mol. The molecule has 1 amide bonds. The van der Waals surface area contributed by atoms with Gasteiger partial charge < -0.3 is 11.1 Å². The van der Waals surface area contributed by atoms with Gasteiger partial charge in [0.2, 0.25) is 0 Å². The lowest BCUT2D eigenvalue weighted by atomic mass is 10.1. The van der Waals surface area contributed by atoms with Crippen LogP contribution < -0.4 is 11.1 Å². The highest BCUT2D eigenvalue weighted by Gasteiger charge is 2.12. The van der Waals surface area contributed by atoms with Crippen LogP contribution in [0.15, 0.2) is 36.4 Å². The molecular formula is C14H12F2N2O. The van der Waals surface area contributed by atoms with Crippen molar-refractivity contribution in [1.82, 2.24) is 0 Å². The number of nitrogens with one attached hydrogen (secondary N) is 1. The number of benzene rings is 2. The fraction of sp³-hybridized carbons (Fsp3) is 0.0714. The van der Waals surface area contributed by atoms with Crippen molar-refractivity contribution in [2.24, 2.45) is 0 Å². The number of nitrogen functional groups attached to an aromatic ring is 1. The molecule has 0 saturated carbocycles. The minimum Gasteiger partial charge on any atom is -0.399 e. The first-order chi connectivity index (χ1) is 8.97. The molecule has 3 N–H and O–H groups in total. The van der Waals surface area contributed by atoms with Crippen LogP contribution in [0.4, 0.5) is 20.2 Å². The predicted molar refractivity (Wildman–Crippen MR) is 69.9 cm³/mol. The maximum atomic E-state index is 13.5. The summed E-state index contributed by atoms with van der Waals surface area (Å²) in [6.07, 6.45) is 0. The standard InChI is InChI=1S/C14H12F2N2O/c1-8-2-3-9(15)6-11(8)14(19)18-13-5-4-10(17)7-12(13)16/h2-7H,17H2,1H3,(H,18,19). The molecule has 0 atom stereocenters. The zero-order valence-corrected chi connectivity index (χ0v) is 10.2. The Morgan fingerprint density at radius 1 is 1.16 bits per heavy atom. The number of carbonyl (C=O) groups is 1. The third-order valence-corrected chi connectivity index (χ3v) is 2.69. The van der Waals surface area contributed by atoms with Gasteiger partial charge in [-0.2, -0.15) is 0 Å². The topological polar surface area (TPSA) is 55.1 Å². The van der Waals surface area contributed by atoms with Gasteiger partial charge in [-0.15, -0.1) is 0 Å². The van der Waals surface area contributed by atoms with Crippen molar-refractivity contribution in [3.63, 3.8) is 0 Å². The minimum atomic E-state index is -0.637. The quantitative estimate of drug-likeness (QED) is 0.817. The van der Waals surface area contributed by atoms with Crippen LogP contribution in [0.3, 0.4) is 0 Å². The SMILES string of the molecule is Cc1ccc(F)cc1C(=O)Nc1ccc(N)cc1F. The van der Waals surface area contributed by atoms with Crippen LogP contribution in [0.25, 0.3) is 0 Å². The Labute approximate surface area is 109 Å². The van der Waals surface area contributed by atoms with Crippen molar-refractivity contribution in [2.45, 2.75) is 6.92 Å². The second kappa shape index (κ2) is 5.06. The van der Waals surface area contributed by atoms with E-state index < -0.39 is 17.5 Å². The van der Waals surface area contributed by atoms with Crippen LogP contribution in [-0.4, -0.2) is 5.91 Å². The zero-order valence-electron chi connectivity index (χ0n) is 10.2. The smallest absolute Gasteiger partial charge is 0.256 e. The van der Waals surface area contributed by atoms with E-state index in [-0.39, 0.29) is 16.9 Å². The van der Waals surface area contributed by atoms with Gasteiger partial charge in [0.1, 0.15) is 11.6 Å². The molecule has 3 nitrogen and oxygen atoms in total. The van der Waals surface area contributed by atoms with E-state index >= 15 is 0 Å². The zero-order chi connectivity index (χ0) is 14.0. The maximum absolute atomic E-state index is 13.5. The van der Waals surface area contributed by atoms with Gasteiger partial charge in [-0.05, 0) is 42.8 Å². The Morgan fingerprint density at radius 2 is 1.89 bits per heavy atom. The highest BCUT2D eigenvalue weighted by Crippen LogP contribution is 2.19. The van der Waals surface area contributed by atoms with E-state index in [1.165, 1.54) is 24.3 Å². The van der Waals surface area contributed by atoms with E-state index in [4.69, 9.17) is 5.73 Å². The molecule has 0 aliphatic heterocycles. The van der Waals surface area contributed by atoms with Gasteiger partial charge in [-0.25, -0.2) is 8.78 Å². The molecule has 0 aromatic heterocycles. The van der Waals surface area contributed by atoms with Crippen LogP contribution in [0.1, 0.15) is 15.9 Å². The number of aryl methyl sites for hydroxylation is 1. The normalized spacial score (nSPS) is 10.3. The fourth-order valence-electron chi connectivity index (χ4n) is 1.66. The Kier molecular flexibility index (Phi) is 3.46. The number of nitrogens with two attached hydrogens (primary N) is 1. The molecule has 0 spiro atoms. The number of rotatable bonds is 2. The second-order valence-electron chi connectivity index (χ2n) is 4.15. The first-order valence-electron chi connectivity index (χ1n) is 5.60. The van der Waals surface area contributed by atoms with E-state index in [0.717, 1.165) is 12.1 Å². The lowest BCUT2D eigenvalue weighted by molar-refractivity contribution is 0.102. The van der Waals surface area contributed by atoms with Crippen molar-refractivity contribution < 1.29 is 13.6 Å². The van der Waals surface area contributed by atoms with E-state index in [1.807, 2.05) is 0 Å². The summed E-state index contributed by atoms with van der Waals surface area (Å²) in [6.45, 7) is 1.67. The maximum Gasteiger partial charge on any atom is 0.256 e. The van der Waals surface area contributed by atoms with Crippen molar-refractivity contribution in [3.8, 4) is 0 Å². The van der Waals surface area contributed by atoms with E-state index in [9.17, 15) is 13.6 Å². The Balaban J connectivity index is 2.28. The summed E-state index contributed by atoms with van der Waals surface area (Å²) < 4.78 is 26.6. The fourth-order valence-corrected chi connectivity index (χ4v) is 1.66. The summed E-state index contributed by atoms with van der Waals surface area (Å²) >= 11 is 0. The third-order valence-electron chi connectivity index (χ3n) is 2.69. The van der Waals surface area contributed by atoms with Gasteiger partial charge in [0.25, 0.3) is 5.91 Å². The van der Waals surface area contributed by atoms with Crippen molar-refractivity contribution in [3.05, 3.63) is 59.2 Å². The Bertz CT molecular complexity index is 641. The summed E-state index contributed by atoms with van der Waals surface area (Å²) in [7, 11) is 0. The van der Waals surface area contributed by atoms with Gasteiger partial charge in [0.15, 0.2) is 0 Å². The van der Waals surface area contributed by atoms with E-state index in [0.29, 0.717) is 5.56 Å². The molecule has 0 aliphatic rings. The average Bonchev–Trinajstić information content (AvgIpc) is 2.35. The van der Waals surface area contributed by atoms with Crippen LogP contribution in [0.2, 0.25) is 0 Å². The summed E-state index contributed by atoms with van der Waals surface area (Å²) in [6, 6.07) is 7.79. The molecule has 0 aliphatic carbocycles. The lowest BCUT2D eigenvalue weighted by Gasteiger charge is -2.09. The van der Waals surface area contributed by atoms with Crippen LogP contribution >= 0.6 is 0 Å². The van der Waals surface area contributed by atoms with Gasteiger partial charge in [0.05, 0.1) is 5.69 Å². The van der Waals surface area contributed by atoms with Gasteiger partial charge in [-0.3, -0.25) is 4.79 Å². The summed E-state index contributed by atoms with van der Waals surface area (Å²) in [5.74, 6) is -1.73. The van der Waals surface area contributed by atoms with Crippen LogP contribution in [0.5, 0.6) is 0 Å². The van der Waals surface area contributed by atoms with Gasteiger partial charge >= 0.3 is 0 Å². The Hall–Kier alpha value is -2.43. The average molecular weight is 262 g/mol. The number of hydrogen-bond donors (Lipinski definition) is 2. The predicted octanol–water partition coefficient (Wildman–Crippen LogP) is 3.11. The molecule has 2 aromatic rings. The first-order valence-corrected chi connectivity index (χ1v) is 5.60. The van der Waals surface area contributed by atoms with Crippen LogP contribution in [0, 0.1) is 18.6 Å². The summed E-state index contributed by atoms with van der Waals surface area (Å²) in [5, 5.41) is 2.39. The highest BCUT2D eigenvalue weighted by atomic mass is 19.1. The monoisotopic (exact) mass is 262 g/mol. The van der Waals surface area contributed by atoms with Gasteiger partial charge in [0, 0.05) is 11.3 Å². The molecule has 98 valence electrons. The number of carbonyl (C=O) groups excluding carboxylic acids is 1. The first kappa shape index (κ1) is 13.0. The Morgan fingerprint density at radius 3 is 2.58 bits per heavy atom. The third kappa shape index (κ3) is 2.88. The highest BCUT2D eigenvalue weighted by molar-refractivity contribution is 6.05. The molecule has 0 saturated heterocycles. The molecule has 0 heterocycles. The molecule has 0 bridgehead atoms. The molecule has 2 aromatic carbocycles. The van der Waals surface area contributed by atoms with E-state index in [2.05, 4.69) is 5.32 Å². The molecule has 19 heavy (non-hydrogen) atoms. The van der Waals surface area contributed by atoms with Crippen LogP contribution in [-0.2, 0) is 0 Å². The summed E-state index contributed by atoms with van der Waals surface area (Å²) in [5.41, 5.74) is 6.44.